The van der Waals surface area contributed by atoms with Gasteiger partial charge in [0.05, 0.1) is 17.9 Å². The molecule has 1 N–H and O–H groups in total. The van der Waals surface area contributed by atoms with Crippen LogP contribution in [0.5, 0.6) is 0 Å². The molecule has 1 aliphatic rings. The van der Waals surface area contributed by atoms with Crippen molar-refractivity contribution in [2.75, 3.05) is 7.05 Å². The molecule has 152 valence electrons. The van der Waals surface area contributed by atoms with Crippen LogP contribution in [0.4, 0.5) is 4.79 Å². The van der Waals surface area contributed by atoms with Gasteiger partial charge in [-0.25, -0.2) is 9.78 Å². The summed E-state index contributed by atoms with van der Waals surface area (Å²) >= 11 is 1.39. The van der Waals surface area contributed by atoms with Gasteiger partial charge >= 0.3 is 6.09 Å². The van der Waals surface area contributed by atoms with Crippen LogP contribution in [0.1, 0.15) is 42.0 Å². The van der Waals surface area contributed by atoms with E-state index in [-0.39, 0.29) is 18.3 Å². The number of nitrogens with zero attached hydrogens (tertiary/aromatic N) is 5. The van der Waals surface area contributed by atoms with Crippen LogP contribution in [-0.4, -0.2) is 49.2 Å². The van der Waals surface area contributed by atoms with E-state index in [4.69, 9.17) is 9.26 Å². The Balaban J connectivity index is 1.57. The van der Waals surface area contributed by atoms with E-state index in [0.717, 1.165) is 11.4 Å². The highest BCUT2D eigenvalue weighted by atomic mass is 32.1. The average molecular weight is 416 g/mol. The van der Waals surface area contributed by atoms with E-state index in [1.165, 1.54) is 11.3 Å². The van der Waals surface area contributed by atoms with Crippen LogP contribution in [0.3, 0.4) is 0 Å². The van der Waals surface area contributed by atoms with Gasteiger partial charge in [-0.3, -0.25) is 9.36 Å². The number of hydrogen-bond acceptors (Lipinski definition) is 8. The maximum absolute atomic E-state index is 12.6. The quantitative estimate of drug-likeness (QED) is 0.698. The minimum Gasteiger partial charge on any atom is -0.444 e. The monoisotopic (exact) mass is 416 g/mol. The molecular formula is C18H20N6O4S. The van der Waals surface area contributed by atoms with E-state index < -0.39 is 11.7 Å². The Morgan fingerprint density at radius 2 is 2.21 bits per heavy atom. The summed E-state index contributed by atoms with van der Waals surface area (Å²) in [5, 5.41) is 8.43. The Hall–Kier alpha value is -3.21. The van der Waals surface area contributed by atoms with E-state index in [1.807, 2.05) is 16.0 Å². The van der Waals surface area contributed by atoms with Crippen molar-refractivity contribution in [1.82, 2.24) is 29.9 Å². The van der Waals surface area contributed by atoms with E-state index in [1.54, 1.807) is 39.0 Å². The molecular weight excluding hydrogens is 396 g/mol. The zero-order chi connectivity index (χ0) is 20.8. The van der Waals surface area contributed by atoms with Crippen LogP contribution in [0.25, 0.3) is 17.2 Å². The Morgan fingerprint density at radius 3 is 2.97 bits per heavy atom. The number of aromatic nitrogens is 4. The molecule has 2 amide bonds. The molecule has 0 saturated carbocycles. The lowest BCUT2D eigenvalue weighted by Gasteiger charge is -2.19. The molecule has 4 heterocycles. The van der Waals surface area contributed by atoms with E-state index in [2.05, 4.69) is 20.4 Å². The fourth-order valence-electron chi connectivity index (χ4n) is 2.93. The maximum Gasteiger partial charge on any atom is 0.408 e. The Kier molecular flexibility index (Phi) is 4.61. The fraction of sp³-hybridized carbons (Fsp3) is 0.389. The van der Waals surface area contributed by atoms with Gasteiger partial charge in [-0.15, -0.1) is 11.3 Å². The van der Waals surface area contributed by atoms with Crippen LogP contribution in [0.15, 0.2) is 22.3 Å². The third-order valence-corrected chi connectivity index (χ3v) is 5.05. The van der Waals surface area contributed by atoms with Crippen molar-refractivity contribution in [2.45, 2.75) is 39.5 Å². The van der Waals surface area contributed by atoms with Crippen LogP contribution in [-0.2, 0) is 17.8 Å². The summed E-state index contributed by atoms with van der Waals surface area (Å²) in [5.74, 6) is 0.473. The zero-order valence-corrected chi connectivity index (χ0v) is 17.2. The number of thiophene rings is 1. The first kappa shape index (κ1) is 19.1. The Bertz CT molecular complexity index is 1080. The predicted molar refractivity (Wildman–Crippen MR) is 104 cm³/mol. The van der Waals surface area contributed by atoms with Gasteiger partial charge in [0, 0.05) is 7.05 Å². The summed E-state index contributed by atoms with van der Waals surface area (Å²) in [7, 11) is 1.74. The second kappa shape index (κ2) is 6.99. The average Bonchev–Trinajstić information content (AvgIpc) is 3.35. The van der Waals surface area contributed by atoms with Crippen LogP contribution < -0.4 is 5.32 Å². The molecule has 0 saturated heterocycles. The summed E-state index contributed by atoms with van der Waals surface area (Å²) in [6.45, 7) is 5.73. The first-order valence-corrected chi connectivity index (χ1v) is 9.80. The normalized spacial score (nSPS) is 13.7. The van der Waals surface area contributed by atoms with Crippen molar-refractivity contribution >= 4 is 23.3 Å². The molecule has 29 heavy (non-hydrogen) atoms. The summed E-state index contributed by atoms with van der Waals surface area (Å²) < 4.78 is 12.3. The number of rotatable bonds is 3. The van der Waals surface area contributed by atoms with Gasteiger partial charge in [0.15, 0.2) is 0 Å². The SMILES string of the molecule is CN1Cc2c(-c3noc(CNC(=O)OC(C)(C)C)n3)ncn2-c2ccsc2C1=O. The maximum atomic E-state index is 12.6. The largest absolute Gasteiger partial charge is 0.444 e. The number of nitrogens with one attached hydrogen (secondary N) is 1. The molecule has 0 spiro atoms. The van der Waals surface area contributed by atoms with Crippen LogP contribution in [0, 0.1) is 0 Å². The smallest absolute Gasteiger partial charge is 0.408 e. The van der Waals surface area contributed by atoms with Gasteiger partial charge in [0.1, 0.15) is 29.0 Å². The lowest BCUT2D eigenvalue weighted by atomic mass is 10.2. The molecule has 0 unspecified atom stereocenters. The second-order valence-electron chi connectivity index (χ2n) is 7.57. The summed E-state index contributed by atoms with van der Waals surface area (Å²) in [4.78, 5) is 35.4. The van der Waals surface area contributed by atoms with Crippen molar-refractivity contribution in [1.29, 1.82) is 0 Å². The topological polar surface area (TPSA) is 115 Å². The van der Waals surface area contributed by atoms with Crippen molar-refractivity contribution < 1.29 is 18.8 Å². The highest BCUT2D eigenvalue weighted by molar-refractivity contribution is 7.12. The molecule has 0 atom stereocenters. The number of carbonyl (C=O) groups is 2. The number of amides is 2. The standard InChI is InChI=1S/C18H20N6O4S/c1-18(2,3)27-17(26)19-7-12-21-15(22-28-12)13-11-8-23(4)16(25)14-10(5-6-29-14)24(11)9-20-13/h5-6,9H,7-8H2,1-4H3,(H,19,26). The Labute approximate surface area is 170 Å². The summed E-state index contributed by atoms with van der Waals surface area (Å²) in [6, 6.07) is 1.89. The molecule has 11 heteroatoms. The third kappa shape index (κ3) is 3.73. The van der Waals surface area contributed by atoms with Gasteiger partial charge in [0.2, 0.25) is 11.7 Å². The lowest BCUT2D eigenvalue weighted by molar-refractivity contribution is 0.0517. The fourth-order valence-corrected chi connectivity index (χ4v) is 3.80. The second-order valence-corrected chi connectivity index (χ2v) is 8.49. The molecule has 0 aliphatic carbocycles. The number of ether oxygens (including phenoxy) is 1. The van der Waals surface area contributed by atoms with E-state index in [0.29, 0.717) is 22.9 Å². The number of hydrogen-bond donors (Lipinski definition) is 1. The highest BCUT2D eigenvalue weighted by Crippen LogP contribution is 2.31. The molecule has 0 radical (unpaired) electrons. The van der Waals surface area contributed by atoms with E-state index in [9.17, 15) is 9.59 Å². The highest BCUT2D eigenvalue weighted by Gasteiger charge is 2.29. The van der Waals surface area contributed by atoms with Crippen LogP contribution >= 0.6 is 11.3 Å². The zero-order valence-electron chi connectivity index (χ0n) is 16.4. The van der Waals surface area contributed by atoms with Gasteiger partial charge < -0.3 is 19.5 Å². The first-order chi connectivity index (χ1) is 13.7. The Morgan fingerprint density at radius 1 is 1.41 bits per heavy atom. The molecule has 1 aliphatic heterocycles. The van der Waals surface area contributed by atoms with Gasteiger partial charge in [0.25, 0.3) is 5.91 Å². The van der Waals surface area contributed by atoms with Crippen molar-refractivity contribution in [3.8, 4) is 17.2 Å². The minimum atomic E-state index is -0.595. The van der Waals surface area contributed by atoms with Crippen molar-refractivity contribution in [3.05, 3.63) is 34.2 Å². The van der Waals surface area contributed by atoms with Gasteiger partial charge in [-0.1, -0.05) is 5.16 Å². The summed E-state index contributed by atoms with van der Waals surface area (Å²) in [5.41, 5.74) is 1.50. The molecule has 0 aromatic carbocycles. The lowest BCUT2D eigenvalue weighted by Crippen LogP contribution is -2.32. The molecule has 3 aromatic rings. The van der Waals surface area contributed by atoms with Gasteiger partial charge in [-0.05, 0) is 32.2 Å². The predicted octanol–water partition coefficient (Wildman–Crippen LogP) is 2.59. The molecule has 4 rings (SSSR count). The van der Waals surface area contributed by atoms with Gasteiger partial charge in [-0.2, -0.15) is 4.98 Å². The molecule has 0 fully saturated rings. The molecule has 0 bridgehead atoms. The number of fused-ring (bicyclic) bond motifs is 3. The number of imidazole rings is 1. The van der Waals surface area contributed by atoms with E-state index >= 15 is 0 Å². The van der Waals surface area contributed by atoms with Crippen LogP contribution in [0.2, 0.25) is 0 Å². The third-order valence-electron chi connectivity index (χ3n) is 4.16. The molecule has 3 aromatic heterocycles. The summed E-state index contributed by atoms with van der Waals surface area (Å²) in [6.07, 6.45) is 1.08. The number of alkyl carbamates (subject to hydrolysis) is 1. The van der Waals surface area contributed by atoms with Crippen molar-refractivity contribution in [3.63, 3.8) is 0 Å². The molecule has 10 nitrogen and oxygen atoms in total. The minimum absolute atomic E-state index is 0.0328. The number of carbonyl (C=O) groups excluding carboxylic acids is 2. The van der Waals surface area contributed by atoms with Crippen molar-refractivity contribution in [2.24, 2.45) is 0 Å². The first-order valence-electron chi connectivity index (χ1n) is 8.92.